The smallest absolute Gasteiger partial charge is 0.250 e. The quantitative estimate of drug-likeness (QED) is 0.844. The Balaban J connectivity index is 2.06. The number of fused-ring (bicyclic) bond motifs is 1. The summed E-state index contributed by atoms with van der Waals surface area (Å²) in [6, 6.07) is 15.9. The van der Waals surface area contributed by atoms with Gasteiger partial charge in [-0.25, -0.2) is 8.42 Å². The molecule has 2 aromatic rings. The number of hydrogen-bond acceptors (Lipinski definition) is 3. The third-order valence-electron chi connectivity index (χ3n) is 4.68. The molecule has 6 heteroatoms. The molecule has 0 N–H and O–H groups in total. The molecule has 132 valence electrons. The van der Waals surface area contributed by atoms with Gasteiger partial charge in [0.15, 0.2) is 0 Å². The number of para-hydroxylation sites is 1. The van der Waals surface area contributed by atoms with Crippen LogP contribution in [0.4, 0.5) is 5.69 Å². The minimum atomic E-state index is -3.53. The van der Waals surface area contributed by atoms with Crippen molar-refractivity contribution in [2.45, 2.75) is 25.4 Å². The molecule has 0 bridgehead atoms. The van der Waals surface area contributed by atoms with Crippen LogP contribution in [0.25, 0.3) is 0 Å². The van der Waals surface area contributed by atoms with Crippen molar-refractivity contribution >= 4 is 21.6 Å². The molecule has 0 saturated heterocycles. The summed E-state index contributed by atoms with van der Waals surface area (Å²) in [5, 5.41) is 0. The molecular formula is C19H22N2O3S. The first-order chi connectivity index (χ1) is 11.8. The molecule has 0 aromatic heterocycles. The molecule has 1 amide bonds. The van der Waals surface area contributed by atoms with Crippen molar-refractivity contribution in [3.63, 3.8) is 0 Å². The van der Waals surface area contributed by atoms with Crippen molar-refractivity contribution in [1.29, 1.82) is 0 Å². The molecule has 0 spiro atoms. The lowest BCUT2D eigenvalue weighted by Gasteiger charge is -2.32. The standard InChI is InChI=1S/C19H22N2O3S/c1-14-13-16-11-7-8-12-17(16)21(14)19(22)18(20(2)25(3,23)24)15-9-5-4-6-10-15/h4-12,14,18H,13H2,1-3H3/t14-,18-/m0/s1. The van der Waals surface area contributed by atoms with Gasteiger partial charge < -0.3 is 4.90 Å². The van der Waals surface area contributed by atoms with Gasteiger partial charge in [-0.3, -0.25) is 4.79 Å². The van der Waals surface area contributed by atoms with Crippen LogP contribution in [0.1, 0.15) is 24.1 Å². The molecule has 0 fully saturated rings. The first kappa shape index (κ1) is 17.6. The Morgan fingerprint density at radius 1 is 1.12 bits per heavy atom. The van der Waals surface area contributed by atoms with E-state index >= 15 is 0 Å². The Bertz CT molecular complexity index is 881. The first-order valence-electron chi connectivity index (χ1n) is 8.19. The van der Waals surface area contributed by atoms with Gasteiger partial charge in [-0.15, -0.1) is 0 Å². The summed E-state index contributed by atoms with van der Waals surface area (Å²) in [7, 11) is -2.08. The van der Waals surface area contributed by atoms with Gasteiger partial charge in [0, 0.05) is 18.8 Å². The maximum atomic E-state index is 13.4. The lowest BCUT2D eigenvalue weighted by atomic mass is 10.1. The number of rotatable bonds is 4. The second-order valence-corrected chi connectivity index (χ2v) is 8.52. The Kier molecular flexibility index (Phi) is 4.67. The van der Waals surface area contributed by atoms with E-state index in [0.717, 1.165) is 28.2 Å². The topological polar surface area (TPSA) is 57.7 Å². The minimum absolute atomic E-state index is 0.0101. The van der Waals surface area contributed by atoms with E-state index in [-0.39, 0.29) is 11.9 Å². The van der Waals surface area contributed by atoms with E-state index in [4.69, 9.17) is 0 Å². The largest absolute Gasteiger partial charge is 0.307 e. The summed E-state index contributed by atoms with van der Waals surface area (Å²) in [6.45, 7) is 1.99. The summed E-state index contributed by atoms with van der Waals surface area (Å²) >= 11 is 0. The van der Waals surface area contributed by atoms with E-state index in [0.29, 0.717) is 5.56 Å². The maximum absolute atomic E-state index is 13.4. The van der Waals surface area contributed by atoms with E-state index in [1.807, 2.05) is 49.4 Å². The van der Waals surface area contributed by atoms with Crippen LogP contribution in [-0.4, -0.2) is 38.0 Å². The average Bonchev–Trinajstić information content (AvgIpc) is 2.90. The fraction of sp³-hybridized carbons (Fsp3) is 0.316. The van der Waals surface area contributed by atoms with Crippen LogP contribution in [0.3, 0.4) is 0 Å². The third-order valence-corrected chi connectivity index (χ3v) is 5.94. The van der Waals surface area contributed by atoms with Gasteiger partial charge in [0.25, 0.3) is 0 Å². The highest BCUT2D eigenvalue weighted by atomic mass is 32.2. The molecule has 0 saturated carbocycles. The number of nitrogens with zero attached hydrogens (tertiary/aromatic N) is 2. The van der Waals surface area contributed by atoms with E-state index in [2.05, 4.69) is 0 Å². The predicted molar refractivity (Wildman–Crippen MR) is 98.9 cm³/mol. The minimum Gasteiger partial charge on any atom is -0.307 e. The van der Waals surface area contributed by atoms with Crippen LogP contribution in [0.5, 0.6) is 0 Å². The van der Waals surface area contributed by atoms with Crippen LogP contribution in [0.2, 0.25) is 0 Å². The number of likely N-dealkylation sites (N-methyl/N-ethyl adjacent to an activating group) is 1. The van der Waals surface area contributed by atoms with Crippen molar-refractivity contribution in [3.05, 3.63) is 65.7 Å². The molecular weight excluding hydrogens is 336 g/mol. The normalized spacial score (nSPS) is 18.2. The average molecular weight is 358 g/mol. The van der Waals surface area contributed by atoms with Crippen LogP contribution in [0, 0.1) is 0 Å². The third kappa shape index (κ3) is 3.32. The van der Waals surface area contributed by atoms with Crippen molar-refractivity contribution in [3.8, 4) is 0 Å². The zero-order chi connectivity index (χ0) is 18.2. The van der Waals surface area contributed by atoms with Crippen LogP contribution in [-0.2, 0) is 21.2 Å². The molecule has 3 rings (SSSR count). The second-order valence-electron chi connectivity index (χ2n) is 6.48. The van der Waals surface area contributed by atoms with Gasteiger partial charge in [-0.05, 0) is 30.5 Å². The highest BCUT2D eigenvalue weighted by Crippen LogP contribution is 2.35. The summed E-state index contributed by atoms with van der Waals surface area (Å²) in [6.07, 6.45) is 1.89. The molecule has 0 radical (unpaired) electrons. The highest BCUT2D eigenvalue weighted by molar-refractivity contribution is 7.88. The molecule has 1 aliphatic rings. The van der Waals surface area contributed by atoms with E-state index in [9.17, 15) is 13.2 Å². The predicted octanol–water partition coefficient (Wildman–Crippen LogP) is 2.60. The van der Waals surface area contributed by atoms with Crippen molar-refractivity contribution in [1.82, 2.24) is 4.31 Å². The molecule has 5 nitrogen and oxygen atoms in total. The molecule has 2 aromatic carbocycles. The number of anilines is 1. The Morgan fingerprint density at radius 3 is 2.36 bits per heavy atom. The van der Waals surface area contributed by atoms with Crippen molar-refractivity contribution in [2.24, 2.45) is 0 Å². The molecule has 0 unspecified atom stereocenters. The van der Waals surface area contributed by atoms with Crippen LogP contribution < -0.4 is 4.90 Å². The lowest BCUT2D eigenvalue weighted by molar-refractivity contribution is -0.122. The highest BCUT2D eigenvalue weighted by Gasteiger charge is 2.39. The summed E-state index contributed by atoms with van der Waals surface area (Å²) in [5.41, 5.74) is 2.64. The fourth-order valence-corrected chi connectivity index (χ4v) is 3.96. The first-order valence-corrected chi connectivity index (χ1v) is 10.0. The number of carbonyl (C=O) groups excluding carboxylic acids is 1. The Labute approximate surface area is 148 Å². The van der Waals surface area contributed by atoms with Gasteiger partial charge in [0.05, 0.1) is 6.26 Å². The molecule has 1 heterocycles. The Hall–Kier alpha value is -2.18. The number of hydrogen-bond donors (Lipinski definition) is 0. The summed E-state index contributed by atoms with van der Waals surface area (Å²) in [5.74, 6) is -0.225. The van der Waals surface area contributed by atoms with Gasteiger partial charge in [-0.1, -0.05) is 48.5 Å². The lowest BCUT2D eigenvalue weighted by Crippen LogP contribution is -2.45. The molecule has 2 atom stereocenters. The fourth-order valence-electron chi connectivity index (χ4n) is 3.37. The zero-order valence-electron chi connectivity index (χ0n) is 14.6. The Morgan fingerprint density at radius 2 is 1.72 bits per heavy atom. The molecule has 25 heavy (non-hydrogen) atoms. The van der Waals surface area contributed by atoms with Gasteiger partial charge in [0.1, 0.15) is 6.04 Å². The summed E-state index contributed by atoms with van der Waals surface area (Å²) in [4.78, 5) is 15.2. The van der Waals surface area contributed by atoms with Crippen molar-refractivity contribution < 1.29 is 13.2 Å². The van der Waals surface area contributed by atoms with Gasteiger partial charge in [0.2, 0.25) is 15.9 Å². The van der Waals surface area contributed by atoms with E-state index in [1.54, 1.807) is 17.0 Å². The molecule has 1 aliphatic heterocycles. The number of sulfonamides is 1. The van der Waals surface area contributed by atoms with E-state index in [1.165, 1.54) is 7.05 Å². The SMILES string of the molecule is C[C@H]1Cc2ccccc2N1C(=O)[C@H](c1ccccc1)N(C)S(C)(=O)=O. The number of amides is 1. The van der Waals surface area contributed by atoms with Gasteiger partial charge >= 0.3 is 0 Å². The molecule has 0 aliphatic carbocycles. The second kappa shape index (κ2) is 6.61. The van der Waals surface area contributed by atoms with E-state index < -0.39 is 16.1 Å². The zero-order valence-corrected chi connectivity index (χ0v) is 15.4. The number of carbonyl (C=O) groups is 1. The maximum Gasteiger partial charge on any atom is 0.250 e. The van der Waals surface area contributed by atoms with Crippen LogP contribution in [0.15, 0.2) is 54.6 Å². The van der Waals surface area contributed by atoms with Crippen LogP contribution >= 0.6 is 0 Å². The van der Waals surface area contributed by atoms with Gasteiger partial charge in [-0.2, -0.15) is 4.31 Å². The summed E-state index contributed by atoms with van der Waals surface area (Å²) < 4.78 is 25.4. The number of benzene rings is 2. The van der Waals surface area contributed by atoms with Crippen molar-refractivity contribution in [2.75, 3.05) is 18.2 Å². The monoisotopic (exact) mass is 358 g/mol.